The van der Waals surface area contributed by atoms with Crippen LogP contribution in [0.15, 0.2) is 43.0 Å². The minimum Gasteiger partial charge on any atom is -0.345 e. The molecule has 1 heterocycles. The summed E-state index contributed by atoms with van der Waals surface area (Å²) in [6.07, 6.45) is 0. The number of amides is 3. The van der Waals surface area contributed by atoms with Gasteiger partial charge in [-0.05, 0) is 25.1 Å². The fraction of sp³-hybridized carbons (Fsp3) is 0.150. The first-order valence-corrected chi connectivity index (χ1v) is 8.55. The van der Waals surface area contributed by atoms with Crippen molar-refractivity contribution >= 4 is 29.1 Å². The molecule has 29 heavy (non-hydrogen) atoms. The minimum absolute atomic E-state index is 0.363. The van der Waals surface area contributed by atoms with Crippen LogP contribution in [0.1, 0.15) is 22.8 Å². The molecule has 2 aromatic rings. The van der Waals surface area contributed by atoms with Crippen molar-refractivity contribution in [2.75, 3.05) is 11.9 Å². The fourth-order valence-electron chi connectivity index (χ4n) is 2.96. The van der Waals surface area contributed by atoms with Gasteiger partial charge in [0.05, 0.1) is 12.2 Å². The van der Waals surface area contributed by atoms with Gasteiger partial charge in [0.1, 0.15) is 6.04 Å². The number of carbonyl (C=O) groups is 3. The molecule has 9 heteroatoms. The fourth-order valence-corrected chi connectivity index (χ4v) is 2.96. The second-order valence-corrected chi connectivity index (χ2v) is 6.33. The van der Waals surface area contributed by atoms with Crippen LogP contribution in [0.2, 0.25) is 0 Å². The molecule has 0 radical (unpaired) electrons. The van der Waals surface area contributed by atoms with Gasteiger partial charge in [0.2, 0.25) is 11.8 Å². The van der Waals surface area contributed by atoms with E-state index in [1.54, 1.807) is 24.3 Å². The molecule has 0 spiro atoms. The Bertz CT molecular complexity index is 1000. The molecule has 1 aliphatic rings. The van der Waals surface area contributed by atoms with Crippen LogP contribution in [0.3, 0.4) is 0 Å². The summed E-state index contributed by atoms with van der Waals surface area (Å²) in [6.45, 7) is 4.75. The molecular formula is C20H16F3N3O3. The largest absolute Gasteiger partial charge is 0.345 e. The molecule has 2 N–H and O–H groups in total. The van der Waals surface area contributed by atoms with Crippen molar-refractivity contribution in [3.8, 4) is 0 Å². The molecule has 150 valence electrons. The third-order valence-corrected chi connectivity index (χ3v) is 4.48. The van der Waals surface area contributed by atoms with Gasteiger partial charge in [0.25, 0.3) is 5.91 Å². The molecule has 3 amide bonds. The predicted molar refractivity (Wildman–Crippen MR) is 99.1 cm³/mol. The van der Waals surface area contributed by atoms with Crippen molar-refractivity contribution in [1.82, 2.24) is 10.2 Å². The number of carbonyl (C=O) groups excluding carboxylic acids is 3. The van der Waals surface area contributed by atoms with Gasteiger partial charge in [-0.25, -0.2) is 13.2 Å². The summed E-state index contributed by atoms with van der Waals surface area (Å²) >= 11 is 0. The molecular weight excluding hydrogens is 387 g/mol. The monoisotopic (exact) mass is 403 g/mol. The van der Waals surface area contributed by atoms with Gasteiger partial charge in [0, 0.05) is 16.8 Å². The lowest BCUT2D eigenvalue weighted by atomic mass is 10.1. The number of fused-ring (bicyclic) bond motifs is 1. The Hall–Kier alpha value is -3.62. The maximum atomic E-state index is 13.6. The number of benzene rings is 2. The summed E-state index contributed by atoms with van der Waals surface area (Å²) in [5, 5.41) is 4.36. The second-order valence-electron chi connectivity index (χ2n) is 6.33. The standard InChI is InChI=1S/C20H16F3N3O3/c1-10-12-5-3-4-6-13(12)20(29)26(10)11(2)19(28)24-9-16(27)25-15-8-7-14(21)17(22)18(15)23/h3-8,11H,1,9H2,2H3,(H,24,28)(H,25,27)/t11-/m1/s1. The maximum absolute atomic E-state index is 13.6. The highest BCUT2D eigenvalue weighted by Crippen LogP contribution is 2.32. The van der Waals surface area contributed by atoms with Gasteiger partial charge in [-0.3, -0.25) is 19.3 Å². The van der Waals surface area contributed by atoms with Crippen molar-refractivity contribution in [3.63, 3.8) is 0 Å². The number of halogens is 3. The molecule has 0 aliphatic carbocycles. The molecule has 6 nitrogen and oxygen atoms in total. The lowest BCUT2D eigenvalue weighted by Crippen LogP contribution is -2.46. The topological polar surface area (TPSA) is 78.5 Å². The first kappa shape index (κ1) is 20.1. The third-order valence-electron chi connectivity index (χ3n) is 4.48. The molecule has 2 aromatic carbocycles. The summed E-state index contributed by atoms with van der Waals surface area (Å²) in [5.41, 5.74) is 0.837. The van der Waals surface area contributed by atoms with E-state index in [2.05, 4.69) is 11.9 Å². The molecule has 0 bridgehead atoms. The Balaban J connectivity index is 1.61. The summed E-state index contributed by atoms with van der Waals surface area (Å²) in [6, 6.07) is 7.33. The summed E-state index contributed by atoms with van der Waals surface area (Å²) < 4.78 is 39.7. The van der Waals surface area contributed by atoms with E-state index >= 15 is 0 Å². The Kier molecular flexibility index (Phi) is 5.40. The second kappa shape index (κ2) is 7.78. The number of nitrogens with zero attached hydrogens (tertiary/aromatic N) is 1. The SMILES string of the molecule is C=C1c2ccccc2C(=O)N1[C@H](C)C(=O)NCC(=O)Nc1ccc(F)c(F)c1F. The molecule has 3 rings (SSSR count). The van der Waals surface area contributed by atoms with E-state index in [9.17, 15) is 27.6 Å². The van der Waals surface area contributed by atoms with E-state index in [1.807, 2.05) is 5.32 Å². The van der Waals surface area contributed by atoms with Crippen LogP contribution < -0.4 is 10.6 Å². The minimum atomic E-state index is -1.72. The highest BCUT2D eigenvalue weighted by Gasteiger charge is 2.36. The van der Waals surface area contributed by atoms with Crippen LogP contribution >= 0.6 is 0 Å². The maximum Gasteiger partial charge on any atom is 0.259 e. The van der Waals surface area contributed by atoms with Crippen LogP contribution in [-0.2, 0) is 9.59 Å². The highest BCUT2D eigenvalue weighted by atomic mass is 19.2. The first-order chi connectivity index (χ1) is 13.7. The summed E-state index contributed by atoms with van der Waals surface area (Å²) in [7, 11) is 0. The van der Waals surface area contributed by atoms with Crippen LogP contribution in [0, 0.1) is 17.5 Å². The van der Waals surface area contributed by atoms with Crippen LogP contribution in [0.4, 0.5) is 18.9 Å². The molecule has 1 aliphatic heterocycles. The van der Waals surface area contributed by atoms with Crippen molar-refractivity contribution < 1.29 is 27.6 Å². The van der Waals surface area contributed by atoms with Gasteiger partial charge < -0.3 is 10.6 Å². The van der Waals surface area contributed by atoms with Gasteiger partial charge in [-0.1, -0.05) is 24.8 Å². The van der Waals surface area contributed by atoms with Gasteiger partial charge in [-0.2, -0.15) is 0 Å². The Morgan fingerprint density at radius 3 is 2.38 bits per heavy atom. The Morgan fingerprint density at radius 2 is 1.72 bits per heavy atom. The van der Waals surface area contributed by atoms with E-state index in [1.165, 1.54) is 11.8 Å². The van der Waals surface area contributed by atoms with E-state index in [4.69, 9.17) is 0 Å². The van der Waals surface area contributed by atoms with E-state index in [0.29, 0.717) is 22.9 Å². The van der Waals surface area contributed by atoms with Crippen molar-refractivity contribution in [2.45, 2.75) is 13.0 Å². The third kappa shape index (κ3) is 3.71. The number of anilines is 1. The van der Waals surface area contributed by atoms with Crippen LogP contribution in [0.5, 0.6) is 0 Å². The van der Waals surface area contributed by atoms with Gasteiger partial charge in [-0.15, -0.1) is 0 Å². The van der Waals surface area contributed by atoms with Crippen LogP contribution in [0.25, 0.3) is 5.70 Å². The zero-order valence-corrected chi connectivity index (χ0v) is 15.3. The molecule has 0 aromatic heterocycles. The number of rotatable bonds is 5. The van der Waals surface area contributed by atoms with Crippen molar-refractivity contribution in [2.24, 2.45) is 0 Å². The number of hydrogen-bond acceptors (Lipinski definition) is 3. The molecule has 1 atom stereocenters. The number of hydrogen-bond donors (Lipinski definition) is 2. The Labute approximate surface area is 164 Å². The molecule has 0 saturated carbocycles. The average Bonchev–Trinajstić information content (AvgIpc) is 2.96. The molecule has 0 fully saturated rings. The zero-order chi connectivity index (χ0) is 21.3. The smallest absolute Gasteiger partial charge is 0.259 e. The quantitative estimate of drug-likeness (QED) is 0.754. The van der Waals surface area contributed by atoms with Gasteiger partial charge >= 0.3 is 0 Å². The summed E-state index contributed by atoms with van der Waals surface area (Å²) in [5.74, 6) is -6.54. The normalized spacial score (nSPS) is 13.9. The Morgan fingerprint density at radius 1 is 1.07 bits per heavy atom. The first-order valence-electron chi connectivity index (χ1n) is 8.55. The molecule has 0 saturated heterocycles. The van der Waals surface area contributed by atoms with E-state index in [0.717, 1.165) is 6.07 Å². The van der Waals surface area contributed by atoms with E-state index in [-0.39, 0.29) is 5.91 Å². The predicted octanol–water partition coefficient (Wildman–Crippen LogP) is 2.67. The lowest BCUT2D eigenvalue weighted by Gasteiger charge is -2.24. The zero-order valence-electron chi connectivity index (χ0n) is 15.3. The van der Waals surface area contributed by atoms with Crippen LogP contribution in [-0.4, -0.2) is 35.2 Å². The number of nitrogens with one attached hydrogen (secondary N) is 2. The van der Waals surface area contributed by atoms with E-state index < -0.39 is 47.5 Å². The summed E-state index contributed by atoms with van der Waals surface area (Å²) in [4.78, 5) is 38.0. The lowest BCUT2D eigenvalue weighted by molar-refractivity contribution is -0.126. The van der Waals surface area contributed by atoms with Gasteiger partial charge in [0.15, 0.2) is 17.5 Å². The highest BCUT2D eigenvalue weighted by molar-refractivity contribution is 6.11. The van der Waals surface area contributed by atoms with Crippen molar-refractivity contribution in [1.29, 1.82) is 0 Å². The molecule has 0 unspecified atom stereocenters. The average molecular weight is 403 g/mol. The van der Waals surface area contributed by atoms with Crippen molar-refractivity contribution in [3.05, 3.63) is 71.6 Å².